The van der Waals surface area contributed by atoms with E-state index in [-0.39, 0.29) is 31.0 Å². The molecule has 1 aromatic carbocycles. The quantitative estimate of drug-likeness (QED) is 0.744. The number of carbonyl (C=O) groups is 3. The van der Waals surface area contributed by atoms with Crippen LogP contribution >= 0.6 is 0 Å². The van der Waals surface area contributed by atoms with Crippen LogP contribution in [0.3, 0.4) is 0 Å². The van der Waals surface area contributed by atoms with Gasteiger partial charge in [0, 0.05) is 18.8 Å². The second kappa shape index (κ2) is 9.59. The van der Waals surface area contributed by atoms with E-state index in [2.05, 4.69) is 10.6 Å². The fourth-order valence-electron chi connectivity index (χ4n) is 2.95. The average Bonchev–Trinajstić information content (AvgIpc) is 3.25. The predicted octanol–water partition coefficient (Wildman–Crippen LogP) is 2.38. The topological polar surface area (TPSA) is 101 Å². The smallest absolute Gasteiger partial charge is 0.321 e. The van der Waals surface area contributed by atoms with Crippen LogP contribution in [0.2, 0.25) is 0 Å². The van der Waals surface area contributed by atoms with Gasteiger partial charge in [0.15, 0.2) is 6.61 Å². The van der Waals surface area contributed by atoms with Gasteiger partial charge < -0.3 is 24.7 Å². The van der Waals surface area contributed by atoms with Crippen LogP contribution in [0.15, 0.2) is 53.1 Å². The van der Waals surface area contributed by atoms with Gasteiger partial charge in [-0.3, -0.25) is 9.59 Å². The van der Waals surface area contributed by atoms with E-state index < -0.39 is 5.97 Å². The Morgan fingerprint density at radius 2 is 1.82 bits per heavy atom. The van der Waals surface area contributed by atoms with E-state index in [0.717, 1.165) is 5.69 Å². The summed E-state index contributed by atoms with van der Waals surface area (Å²) in [6.45, 7) is 0.846. The van der Waals surface area contributed by atoms with Crippen molar-refractivity contribution in [3.8, 4) is 0 Å². The van der Waals surface area contributed by atoms with Gasteiger partial charge in [-0.15, -0.1) is 0 Å². The third kappa shape index (κ3) is 5.60. The number of hydrogen-bond donors (Lipinski definition) is 2. The van der Waals surface area contributed by atoms with Crippen LogP contribution in [-0.2, 0) is 20.9 Å². The molecular formula is C20H23N3O5. The number of hydrogen-bond acceptors (Lipinski definition) is 5. The van der Waals surface area contributed by atoms with Crippen molar-refractivity contribution in [3.63, 3.8) is 0 Å². The normalized spacial score (nSPS) is 14.4. The maximum atomic E-state index is 12.3. The predicted molar refractivity (Wildman–Crippen MR) is 101 cm³/mol. The second-order valence-corrected chi connectivity index (χ2v) is 6.52. The van der Waals surface area contributed by atoms with Crippen molar-refractivity contribution in [2.45, 2.75) is 19.4 Å². The lowest BCUT2D eigenvalue weighted by Crippen LogP contribution is -2.43. The lowest BCUT2D eigenvalue weighted by atomic mass is 9.97. The van der Waals surface area contributed by atoms with Crippen molar-refractivity contribution < 1.29 is 23.5 Å². The van der Waals surface area contributed by atoms with Gasteiger partial charge >= 0.3 is 12.0 Å². The van der Waals surface area contributed by atoms with Crippen LogP contribution < -0.4 is 10.6 Å². The molecule has 0 radical (unpaired) electrons. The number of rotatable bonds is 6. The first-order valence-electron chi connectivity index (χ1n) is 9.18. The van der Waals surface area contributed by atoms with E-state index >= 15 is 0 Å². The van der Waals surface area contributed by atoms with Gasteiger partial charge in [-0.2, -0.15) is 0 Å². The summed E-state index contributed by atoms with van der Waals surface area (Å²) >= 11 is 0. The Balaban J connectivity index is 1.35. The summed E-state index contributed by atoms with van der Waals surface area (Å²) in [5.41, 5.74) is 0.731. The lowest BCUT2D eigenvalue weighted by Gasteiger charge is -2.30. The molecule has 1 aliphatic rings. The maximum absolute atomic E-state index is 12.3. The molecule has 0 spiro atoms. The maximum Gasteiger partial charge on any atom is 0.321 e. The van der Waals surface area contributed by atoms with Gasteiger partial charge in [-0.05, 0) is 37.1 Å². The summed E-state index contributed by atoms with van der Waals surface area (Å²) < 4.78 is 10.2. The van der Waals surface area contributed by atoms with Crippen molar-refractivity contribution >= 4 is 23.6 Å². The number of nitrogens with zero attached hydrogens (tertiary/aromatic N) is 1. The number of esters is 1. The van der Waals surface area contributed by atoms with E-state index in [9.17, 15) is 14.4 Å². The highest BCUT2D eigenvalue weighted by molar-refractivity contribution is 5.89. The third-order valence-corrected chi connectivity index (χ3v) is 4.53. The minimum Gasteiger partial charge on any atom is -0.467 e. The molecule has 1 aromatic heterocycles. The fourth-order valence-corrected chi connectivity index (χ4v) is 2.95. The largest absolute Gasteiger partial charge is 0.467 e. The Kier molecular flexibility index (Phi) is 6.67. The molecule has 0 saturated carbocycles. The number of anilines is 1. The molecule has 2 aromatic rings. The molecule has 1 fully saturated rings. The Bertz CT molecular complexity index is 783. The van der Waals surface area contributed by atoms with Gasteiger partial charge in [0.25, 0.3) is 5.91 Å². The third-order valence-electron chi connectivity index (χ3n) is 4.53. The molecule has 28 heavy (non-hydrogen) atoms. The highest BCUT2D eigenvalue weighted by Gasteiger charge is 2.28. The molecule has 2 heterocycles. The molecule has 2 N–H and O–H groups in total. The number of piperidine rings is 1. The van der Waals surface area contributed by atoms with Gasteiger partial charge in [-0.25, -0.2) is 4.79 Å². The minimum atomic E-state index is -0.406. The summed E-state index contributed by atoms with van der Waals surface area (Å²) in [6.07, 6.45) is 2.54. The number of nitrogens with one attached hydrogen (secondary N) is 2. The van der Waals surface area contributed by atoms with E-state index in [0.29, 0.717) is 31.7 Å². The number of benzene rings is 1. The molecule has 3 rings (SSSR count). The molecule has 0 atom stereocenters. The van der Waals surface area contributed by atoms with E-state index in [4.69, 9.17) is 9.15 Å². The number of para-hydroxylation sites is 1. The zero-order valence-corrected chi connectivity index (χ0v) is 15.4. The minimum absolute atomic E-state index is 0.185. The molecule has 8 heteroatoms. The Hall–Kier alpha value is -3.29. The molecule has 0 bridgehead atoms. The molecular weight excluding hydrogens is 362 g/mol. The SMILES string of the molecule is O=C(COC(=O)C1CCN(C(=O)Nc2ccccc2)CC1)NCc1ccco1. The molecule has 8 nitrogen and oxygen atoms in total. The second-order valence-electron chi connectivity index (χ2n) is 6.52. The number of likely N-dealkylation sites (tertiary alicyclic amines) is 1. The number of carbonyl (C=O) groups excluding carboxylic acids is 3. The first-order valence-corrected chi connectivity index (χ1v) is 9.18. The lowest BCUT2D eigenvalue weighted by molar-refractivity contribution is -0.153. The molecule has 3 amide bonds. The number of urea groups is 1. The van der Waals surface area contributed by atoms with Crippen LogP contribution in [0, 0.1) is 5.92 Å². The Morgan fingerprint density at radius 1 is 1.07 bits per heavy atom. The first kappa shape index (κ1) is 19.5. The molecule has 148 valence electrons. The summed E-state index contributed by atoms with van der Waals surface area (Å²) in [4.78, 5) is 37.9. The van der Waals surface area contributed by atoms with Crippen LogP contribution in [-0.4, -0.2) is 42.5 Å². The summed E-state index contributed by atoms with van der Waals surface area (Å²) in [5, 5.41) is 5.45. The standard InChI is InChI=1S/C20H23N3O5/c24-18(21-13-17-7-4-12-27-17)14-28-19(25)15-8-10-23(11-9-15)20(26)22-16-5-2-1-3-6-16/h1-7,12,15H,8-11,13-14H2,(H,21,24)(H,22,26). The summed E-state index contributed by atoms with van der Waals surface area (Å²) in [7, 11) is 0. The van der Waals surface area contributed by atoms with Crippen LogP contribution in [0.25, 0.3) is 0 Å². The number of furan rings is 1. The van der Waals surface area contributed by atoms with Crippen molar-refractivity contribution in [1.29, 1.82) is 0 Å². The molecule has 0 unspecified atom stereocenters. The van der Waals surface area contributed by atoms with Gasteiger partial charge in [0.05, 0.1) is 18.7 Å². The van der Waals surface area contributed by atoms with Crippen LogP contribution in [0.5, 0.6) is 0 Å². The fraction of sp³-hybridized carbons (Fsp3) is 0.350. The van der Waals surface area contributed by atoms with Crippen LogP contribution in [0.4, 0.5) is 10.5 Å². The molecule has 0 aliphatic carbocycles. The highest BCUT2D eigenvalue weighted by atomic mass is 16.5. The molecule has 1 saturated heterocycles. The van der Waals surface area contributed by atoms with Gasteiger partial charge in [0.2, 0.25) is 0 Å². The summed E-state index contributed by atoms with van der Waals surface area (Å²) in [6, 6.07) is 12.5. The average molecular weight is 385 g/mol. The van der Waals surface area contributed by atoms with Crippen molar-refractivity contribution in [2.24, 2.45) is 5.92 Å². The monoisotopic (exact) mass is 385 g/mol. The van der Waals surface area contributed by atoms with E-state index in [1.165, 1.54) is 6.26 Å². The van der Waals surface area contributed by atoms with Crippen LogP contribution in [0.1, 0.15) is 18.6 Å². The van der Waals surface area contributed by atoms with E-state index in [1.807, 2.05) is 30.3 Å². The zero-order valence-electron chi connectivity index (χ0n) is 15.4. The first-order chi connectivity index (χ1) is 13.6. The van der Waals surface area contributed by atoms with Crippen molar-refractivity contribution in [2.75, 3.05) is 25.0 Å². The van der Waals surface area contributed by atoms with Crippen molar-refractivity contribution in [3.05, 3.63) is 54.5 Å². The van der Waals surface area contributed by atoms with E-state index in [1.54, 1.807) is 17.0 Å². The zero-order chi connectivity index (χ0) is 19.8. The van der Waals surface area contributed by atoms with Crippen molar-refractivity contribution in [1.82, 2.24) is 10.2 Å². The Labute approximate surface area is 162 Å². The van der Waals surface area contributed by atoms with Gasteiger partial charge in [0.1, 0.15) is 5.76 Å². The Morgan fingerprint density at radius 3 is 2.50 bits per heavy atom. The summed E-state index contributed by atoms with van der Waals surface area (Å²) in [5.74, 6) is -0.472. The number of ether oxygens (including phenoxy) is 1. The van der Waals surface area contributed by atoms with Gasteiger partial charge in [-0.1, -0.05) is 18.2 Å². The molecule has 1 aliphatic heterocycles. The number of amides is 3. The highest BCUT2D eigenvalue weighted by Crippen LogP contribution is 2.19.